The van der Waals surface area contributed by atoms with Gasteiger partial charge in [0, 0.05) is 87.6 Å². The zero-order valence-corrected chi connectivity index (χ0v) is 44.6. The Balaban J connectivity index is 0.839. The zero-order chi connectivity index (χ0) is 52.6. The number of hydrogen-bond donors (Lipinski definition) is 0. The first kappa shape index (κ1) is 46.6. The summed E-state index contributed by atoms with van der Waals surface area (Å²) in [5.41, 5.74) is 17.0. The van der Waals surface area contributed by atoms with Gasteiger partial charge < -0.3 is 0 Å². The molecule has 0 fully saturated rings. The summed E-state index contributed by atoms with van der Waals surface area (Å²) in [5.74, 6) is 2.64. The van der Waals surface area contributed by atoms with Crippen molar-refractivity contribution < 1.29 is 0 Å². The molecule has 7 aromatic heterocycles. The molecule has 374 valence electrons. The van der Waals surface area contributed by atoms with Crippen LogP contribution in [0, 0.1) is 0 Å². The van der Waals surface area contributed by atoms with Crippen LogP contribution in [-0.2, 0) is 5.41 Å². The predicted octanol–water partition coefficient (Wildman–Crippen LogP) is 18.2. The lowest BCUT2D eigenvalue weighted by molar-refractivity contribution is 0.661. The highest BCUT2D eigenvalue weighted by Gasteiger charge is 2.36. The summed E-state index contributed by atoms with van der Waals surface area (Å²) in [6.45, 7) is 4.67. The van der Waals surface area contributed by atoms with Crippen molar-refractivity contribution in [2.45, 2.75) is 19.3 Å². The molecular formula is C69H46N8S2. The average molecular weight is 1050 g/mol. The standard InChI is InChI=1S/C69H46N8S2/c1-69(2)55-26-10-9-25-51(55)52-39-54-53-37-47(29-30-59(53)77(60(54)40-56(52)69)68-74-66(43-17-5-3-6-18-43)73-67(75-68)44-19-7-4-8-20-44)61-41-63-64(78-61)42-62(79-63)48-31-34-72-65(38-48)76(49-23-15-21-45(35-49)57-27-11-13-32-70-57)50-24-16-22-46(36-50)58-28-12-14-33-71-58/h3-42H,1-2H3. The van der Waals surface area contributed by atoms with Crippen LogP contribution < -0.4 is 4.90 Å². The van der Waals surface area contributed by atoms with E-state index in [1.165, 1.54) is 41.4 Å². The van der Waals surface area contributed by atoms with Crippen LogP contribution in [0.4, 0.5) is 17.2 Å². The molecule has 0 atom stereocenters. The fourth-order valence-corrected chi connectivity index (χ4v) is 13.8. The van der Waals surface area contributed by atoms with E-state index in [1.54, 1.807) is 0 Å². The number of benzene rings is 7. The van der Waals surface area contributed by atoms with Gasteiger partial charge in [-0.05, 0) is 130 Å². The summed E-state index contributed by atoms with van der Waals surface area (Å²) in [4.78, 5) is 34.7. The van der Waals surface area contributed by atoms with E-state index >= 15 is 0 Å². The van der Waals surface area contributed by atoms with Crippen LogP contribution in [0.1, 0.15) is 25.0 Å². The molecule has 15 rings (SSSR count). The van der Waals surface area contributed by atoms with Gasteiger partial charge in [-0.1, -0.05) is 141 Å². The highest BCUT2D eigenvalue weighted by atomic mass is 32.1. The Kier molecular flexibility index (Phi) is 11.1. The Bertz CT molecular complexity index is 4470. The van der Waals surface area contributed by atoms with Crippen LogP contribution in [0.25, 0.3) is 114 Å². The quantitative estimate of drug-likeness (QED) is 0.135. The fraction of sp³-hybridized carbons (Fsp3) is 0.0435. The van der Waals surface area contributed by atoms with Gasteiger partial charge in [0.05, 0.1) is 22.4 Å². The normalized spacial score (nSPS) is 12.5. The first-order chi connectivity index (χ1) is 38.9. The van der Waals surface area contributed by atoms with E-state index < -0.39 is 0 Å². The fourth-order valence-electron chi connectivity index (χ4n) is 11.4. The highest BCUT2D eigenvalue weighted by molar-refractivity contribution is 7.31. The minimum Gasteiger partial charge on any atom is -0.295 e. The van der Waals surface area contributed by atoms with E-state index in [0.717, 1.165) is 83.8 Å². The lowest BCUT2D eigenvalue weighted by Gasteiger charge is -2.25. The molecule has 0 radical (unpaired) electrons. The van der Waals surface area contributed by atoms with Crippen molar-refractivity contribution in [3.05, 3.63) is 254 Å². The second-order valence-corrected chi connectivity index (χ2v) is 22.6. The van der Waals surface area contributed by atoms with Crippen molar-refractivity contribution in [2.75, 3.05) is 4.90 Å². The number of rotatable bonds is 10. The Hall–Kier alpha value is -9.74. The van der Waals surface area contributed by atoms with E-state index in [0.29, 0.717) is 17.6 Å². The molecule has 14 aromatic rings. The van der Waals surface area contributed by atoms with E-state index in [4.69, 9.17) is 19.9 Å². The van der Waals surface area contributed by atoms with Crippen LogP contribution in [0.2, 0.25) is 0 Å². The first-order valence-electron chi connectivity index (χ1n) is 26.3. The largest absolute Gasteiger partial charge is 0.295 e. The summed E-state index contributed by atoms with van der Waals surface area (Å²) in [6.07, 6.45) is 5.59. The van der Waals surface area contributed by atoms with Crippen molar-refractivity contribution in [1.82, 2.24) is 34.5 Å². The number of thiophene rings is 2. The van der Waals surface area contributed by atoms with E-state index in [2.05, 4.69) is 185 Å². The Morgan fingerprint density at radius 2 is 0.962 bits per heavy atom. The van der Waals surface area contributed by atoms with Crippen LogP contribution in [-0.4, -0.2) is 34.5 Å². The molecule has 1 aliphatic carbocycles. The minimum atomic E-state index is -0.201. The van der Waals surface area contributed by atoms with Crippen molar-refractivity contribution in [2.24, 2.45) is 0 Å². The molecular weight excluding hydrogens is 1000 g/mol. The maximum absolute atomic E-state index is 5.29. The Morgan fingerprint density at radius 3 is 1.58 bits per heavy atom. The molecule has 10 heteroatoms. The Morgan fingerprint density at radius 1 is 0.392 bits per heavy atom. The van der Waals surface area contributed by atoms with E-state index in [1.807, 2.05) is 114 Å². The Labute approximate surface area is 464 Å². The van der Waals surface area contributed by atoms with Crippen LogP contribution >= 0.6 is 22.7 Å². The van der Waals surface area contributed by atoms with Crippen molar-refractivity contribution >= 4 is 71.1 Å². The van der Waals surface area contributed by atoms with Gasteiger partial charge in [-0.3, -0.25) is 19.4 Å². The van der Waals surface area contributed by atoms with Gasteiger partial charge >= 0.3 is 0 Å². The topological polar surface area (TPSA) is 85.5 Å². The molecule has 0 unspecified atom stereocenters. The smallest absolute Gasteiger partial charge is 0.238 e. The summed E-state index contributed by atoms with van der Waals surface area (Å²) >= 11 is 3.64. The average Bonchev–Trinajstić information content (AvgIpc) is 3.59. The van der Waals surface area contributed by atoms with Crippen LogP contribution in [0.3, 0.4) is 0 Å². The summed E-state index contributed by atoms with van der Waals surface area (Å²) < 4.78 is 4.73. The predicted molar refractivity (Wildman–Crippen MR) is 326 cm³/mol. The number of aromatic nitrogens is 7. The number of nitrogens with zero attached hydrogens (tertiary/aromatic N) is 8. The van der Waals surface area contributed by atoms with Gasteiger partial charge in [0.1, 0.15) is 5.82 Å². The number of fused-ring (bicyclic) bond motifs is 7. The first-order valence-corrected chi connectivity index (χ1v) is 27.9. The number of pyridine rings is 3. The van der Waals surface area contributed by atoms with E-state index in [-0.39, 0.29) is 5.41 Å². The second-order valence-electron chi connectivity index (χ2n) is 20.4. The van der Waals surface area contributed by atoms with Crippen molar-refractivity contribution in [1.29, 1.82) is 0 Å². The summed E-state index contributed by atoms with van der Waals surface area (Å²) in [7, 11) is 0. The molecule has 1 aliphatic rings. The lowest BCUT2D eigenvalue weighted by Crippen LogP contribution is -2.15. The molecule has 8 nitrogen and oxygen atoms in total. The molecule has 0 bridgehead atoms. The number of anilines is 3. The maximum atomic E-state index is 5.29. The summed E-state index contributed by atoms with van der Waals surface area (Å²) in [6, 6.07) is 79.0. The third-order valence-electron chi connectivity index (χ3n) is 15.2. The van der Waals surface area contributed by atoms with Gasteiger partial charge in [-0.15, -0.1) is 22.7 Å². The van der Waals surface area contributed by atoms with Crippen molar-refractivity contribution in [3.8, 4) is 83.2 Å². The molecule has 0 saturated heterocycles. The summed E-state index contributed by atoms with van der Waals surface area (Å²) in [5, 5.41) is 2.30. The van der Waals surface area contributed by atoms with E-state index in [9.17, 15) is 0 Å². The monoisotopic (exact) mass is 1050 g/mol. The molecule has 79 heavy (non-hydrogen) atoms. The van der Waals surface area contributed by atoms with Gasteiger partial charge in [0.15, 0.2) is 11.6 Å². The molecule has 7 aromatic carbocycles. The second kappa shape index (κ2) is 18.8. The third-order valence-corrected chi connectivity index (χ3v) is 17.6. The number of hydrogen-bond acceptors (Lipinski definition) is 9. The maximum Gasteiger partial charge on any atom is 0.238 e. The van der Waals surface area contributed by atoms with Gasteiger partial charge in [0.25, 0.3) is 0 Å². The van der Waals surface area contributed by atoms with Crippen LogP contribution in [0.5, 0.6) is 0 Å². The van der Waals surface area contributed by atoms with Gasteiger partial charge in [-0.25, -0.2) is 9.97 Å². The van der Waals surface area contributed by atoms with Gasteiger partial charge in [-0.2, -0.15) is 9.97 Å². The van der Waals surface area contributed by atoms with Gasteiger partial charge in [0.2, 0.25) is 5.95 Å². The third kappa shape index (κ3) is 8.11. The molecule has 0 N–H and O–H groups in total. The molecule has 0 aliphatic heterocycles. The minimum absolute atomic E-state index is 0.201. The molecule has 0 spiro atoms. The SMILES string of the molecule is CC1(C)c2ccccc2-c2cc3c4cc(-c5cc6sc(-c7ccnc(N(c8cccc(-c9ccccn9)c8)c8cccc(-c9ccccn9)c8)c7)cc6s5)ccc4n(-c4nc(-c5ccccc5)nc(-c5ccccc5)n4)c3cc21. The molecule has 0 saturated carbocycles. The highest BCUT2D eigenvalue weighted by Crippen LogP contribution is 2.52. The van der Waals surface area contributed by atoms with Crippen LogP contribution in [0.15, 0.2) is 243 Å². The molecule has 7 heterocycles. The molecule has 0 amide bonds. The van der Waals surface area contributed by atoms with Crippen molar-refractivity contribution in [3.63, 3.8) is 0 Å². The zero-order valence-electron chi connectivity index (χ0n) is 43.0. The lowest BCUT2D eigenvalue weighted by atomic mass is 9.82.